The molecule has 1 aromatic heterocycles. The van der Waals surface area contributed by atoms with Crippen LogP contribution in [0.5, 0.6) is 0 Å². The molecule has 0 spiro atoms. The lowest BCUT2D eigenvalue weighted by molar-refractivity contribution is -0.106. The van der Waals surface area contributed by atoms with Crippen LogP contribution in [0.25, 0.3) is 0 Å². The van der Waals surface area contributed by atoms with Crippen molar-refractivity contribution in [2.45, 2.75) is 13.8 Å². The Morgan fingerprint density at radius 1 is 1.50 bits per heavy atom. The van der Waals surface area contributed by atoms with Crippen LogP contribution in [-0.2, 0) is 4.79 Å². The van der Waals surface area contributed by atoms with Gasteiger partial charge in [-0.2, -0.15) is 0 Å². The molecule has 0 saturated heterocycles. The minimum Gasteiger partial charge on any atom is -0.304 e. The first-order valence-corrected chi connectivity index (χ1v) is 3.08. The monoisotopic (exact) mass is 137 g/mol. The van der Waals surface area contributed by atoms with Gasteiger partial charge in [0.15, 0.2) is 0 Å². The zero-order valence-electron chi connectivity index (χ0n) is 6.24. The van der Waals surface area contributed by atoms with Crippen molar-refractivity contribution in [1.82, 2.24) is 4.98 Å². The number of carbonyl (C=O) groups excluding carboxylic acids is 1. The van der Waals surface area contributed by atoms with E-state index in [1.54, 1.807) is 6.20 Å². The summed E-state index contributed by atoms with van der Waals surface area (Å²) >= 11 is 0. The molecule has 54 valence electrons. The molecule has 2 heteroatoms. The van der Waals surface area contributed by atoms with E-state index in [1.807, 2.05) is 25.1 Å². The van der Waals surface area contributed by atoms with Gasteiger partial charge in [-0.3, -0.25) is 4.98 Å². The van der Waals surface area contributed by atoms with E-state index in [0.29, 0.717) is 0 Å². The Kier molecular flexibility index (Phi) is 5.25. The Balaban J connectivity index is 0.000000236. The summed E-state index contributed by atoms with van der Waals surface area (Å²) in [7, 11) is 0. The summed E-state index contributed by atoms with van der Waals surface area (Å²) in [5, 5.41) is 0. The number of rotatable bonds is 0. The lowest BCUT2D eigenvalue weighted by Gasteiger charge is -1.82. The molecule has 0 aliphatic rings. The van der Waals surface area contributed by atoms with Gasteiger partial charge in [-0.05, 0) is 26.0 Å². The molecule has 1 heterocycles. The van der Waals surface area contributed by atoms with Gasteiger partial charge < -0.3 is 4.79 Å². The standard InChI is InChI=1S/C6H7N.C2H4O/c1-6-4-2-3-5-7-6;1-2-3/h2-5H,1H3;2H,1H3. The molecule has 0 bridgehead atoms. The zero-order valence-corrected chi connectivity index (χ0v) is 6.24. The lowest BCUT2D eigenvalue weighted by Crippen LogP contribution is -1.72. The molecule has 1 aromatic rings. The van der Waals surface area contributed by atoms with Crippen LogP contribution in [-0.4, -0.2) is 11.3 Å². The topological polar surface area (TPSA) is 30.0 Å². The molecule has 0 amide bonds. The number of hydrogen-bond acceptors (Lipinski definition) is 2. The van der Waals surface area contributed by atoms with Gasteiger partial charge in [-0.25, -0.2) is 0 Å². The molecular weight excluding hydrogens is 126 g/mol. The van der Waals surface area contributed by atoms with Gasteiger partial charge in [0.25, 0.3) is 0 Å². The van der Waals surface area contributed by atoms with E-state index in [1.165, 1.54) is 6.92 Å². The van der Waals surface area contributed by atoms with E-state index in [4.69, 9.17) is 4.79 Å². The first kappa shape index (κ1) is 8.82. The van der Waals surface area contributed by atoms with Crippen molar-refractivity contribution in [3.8, 4) is 0 Å². The minimum atomic E-state index is 0.750. The fraction of sp³-hybridized carbons (Fsp3) is 0.250. The first-order chi connectivity index (χ1) is 4.81. The van der Waals surface area contributed by atoms with Gasteiger partial charge in [0.1, 0.15) is 6.29 Å². The molecule has 0 aliphatic carbocycles. The van der Waals surface area contributed by atoms with Crippen molar-refractivity contribution in [1.29, 1.82) is 0 Å². The zero-order chi connectivity index (χ0) is 7.82. The van der Waals surface area contributed by atoms with Crippen molar-refractivity contribution < 1.29 is 4.79 Å². The molecule has 0 aliphatic heterocycles. The predicted molar refractivity (Wildman–Crippen MR) is 40.7 cm³/mol. The third-order valence-corrected chi connectivity index (χ3v) is 0.813. The van der Waals surface area contributed by atoms with Crippen LogP contribution in [0.1, 0.15) is 12.6 Å². The summed E-state index contributed by atoms with van der Waals surface area (Å²) in [6.45, 7) is 3.42. The Hall–Kier alpha value is -1.18. The molecule has 0 N–H and O–H groups in total. The largest absolute Gasteiger partial charge is 0.304 e. The van der Waals surface area contributed by atoms with E-state index >= 15 is 0 Å². The average Bonchev–Trinajstić information content (AvgIpc) is 1.91. The smallest absolute Gasteiger partial charge is 0.116 e. The maximum absolute atomic E-state index is 8.81. The summed E-state index contributed by atoms with van der Waals surface area (Å²) in [6.07, 6.45) is 2.54. The van der Waals surface area contributed by atoms with Crippen LogP contribution in [0.4, 0.5) is 0 Å². The van der Waals surface area contributed by atoms with Crippen molar-refractivity contribution in [2.24, 2.45) is 0 Å². The third kappa shape index (κ3) is 4.97. The van der Waals surface area contributed by atoms with E-state index < -0.39 is 0 Å². The van der Waals surface area contributed by atoms with Crippen LogP contribution in [0.15, 0.2) is 24.4 Å². The molecule has 0 unspecified atom stereocenters. The Labute approximate surface area is 60.9 Å². The third-order valence-electron chi connectivity index (χ3n) is 0.813. The van der Waals surface area contributed by atoms with E-state index in [0.717, 1.165) is 12.0 Å². The number of pyridine rings is 1. The lowest BCUT2D eigenvalue weighted by atomic mass is 10.4. The number of carbonyl (C=O) groups is 1. The Bertz CT molecular complexity index is 172. The normalized spacial score (nSPS) is 7.40. The van der Waals surface area contributed by atoms with E-state index in [2.05, 4.69) is 4.98 Å². The molecule has 0 saturated carbocycles. The highest BCUT2D eigenvalue weighted by Crippen LogP contribution is 1.85. The average molecular weight is 137 g/mol. The summed E-state index contributed by atoms with van der Waals surface area (Å²) in [6, 6.07) is 5.86. The SMILES string of the molecule is CC=O.Cc1ccccn1. The molecule has 0 aromatic carbocycles. The highest BCUT2D eigenvalue weighted by molar-refractivity contribution is 5.44. The second-order valence-corrected chi connectivity index (χ2v) is 1.71. The van der Waals surface area contributed by atoms with Gasteiger partial charge in [-0.15, -0.1) is 0 Å². The van der Waals surface area contributed by atoms with Gasteiger partial charge in [0, 0.05) is 11.9 Å². The minimum absolute atomic E-state index is 0.750. The maximum atomic E-state index is 8.81. The Morgan fingerprint density at radius 2 is 2.10 bits per heavy atom. The first-order valence-electron chi connectivity index (χ1n) is 3.08. The van der Waals surface area contributed by atoms with Crippen LogP contribution in [0.2, 0.25) is 0 Å². The summed E-state index contributed by atoms with van der Waals surface area (Å²) in [4.78, 5) is 12.8. The predicted octanol–water partition coefficient (Wildman–Crippen LogP) is 1.60. The summed E-state index contributed by atoms with van der Waals surface area (Å²) in [5.41, 5.74) is 1.07. The molecule has 2 nitrogen and oxygen atoms in total. The fourth-order valence-electron chi connectivity index (χ4n) is 0.448. The van der Waals surface area contributed by atoms with E-state index in [-0.39, 0.29) is 0 Å². The van der Waals surface area contributed by atoms with Gasteiger partial charge in [0.2, 0.25) is 0 Å². The van der Waals surface area contributed by atoms with Gasteiger partial charge >= 0.3 is 0 Å². The highest BCUT2D eigenvalue weighted by atomic mass is 16.1. The number of nitrogens with zero attached hydrogens (tertiary/aromatic N) is 1. The summed E-state index contributed by atoms with van der Waals surface area (Å²) in [5.74, 6) is 0. The Morgan fingerprint density at radius 3 is 2.30 bits per heavy atom. The van der Waals surface area contributed by atoms with Crippen LogP contribution < -0.4 is 0 Å². The molecule has 0 fully saturated rings. The molecule has 1 rings (SSSR count). The number of hydrogen-bond donors (Lipinski definition) is 0. The number of aryl methyl sites for hydroxylation is 1. The number of aldehydes is 1. The molecule has 10 heavy (non-hydrogen) atoms. The molecular formula is C8H11NO. The van der Waals surface area contributed by atoms with Gasteiger partial charge in [-0.1, -0.05) is 6.07 Å². The maximum Gasteiger partial charge on any atom is 0.116 e. The van der Waals surface area contributed by atoms with Crippen LogP contribution in [0, 0.1) is 6.92 Å². The fourth-order valence-corrected chi connectivity index (χ4v) is 0.448. The second kappa shape index (κ2) is 5.95. The van der Waals surface area contributed by atoms with Crippen molar-refractivity contribution in [3.05, 3.63) is 30.1 Å². The van der Waals surface area contributed by atoms with Crippen LogP contribution in [0.3, 0.4) is 0 Å². The van der Waals surface area contributed by atoms with Crippen molar-refractivity contribution in [3.63, 3.8) is 0 Å². The van der Waals surface area contributed by atoms with Crippen molar-refractivity contribution in [2.75, 3.05) is 0 Å². The second-order valence-electron chi connectivity index (χ2n) is 1.71. The number of aromatic nitrogens is 1. The van der Waals surface area contributed by atoms with E-state index in [9.17, 15) is 0 Å². The summed E-state index contributed by atoms with van der Waals surface area (Å²) < 4.78 is 0. The quantitative estimate of drug-likeness (QED) is 0.508. The van der Waals surface area contributed by atoms with Gasteiger partial charge in [0.05, 0.1) is 0 Å². The molecule has 0 atom stereocenters. The van der Waals surface area contributed by atoms with Crippen molar-refractivity contribution >= 4 is 6.29 Å². The molecule has 0 radical (unpaired) electrons. The highest BCUT2D eigenvalue weighted by Gasteiger charge is 1.73. The van der Waals surface area contributed by atoms with Crippen LogP contribution >= 0.6 is 0 Å².